The van der Waals surface area contributed by atoms with Crippen LogP contribution in [0.15, 0.2) is 40.9 Å². The van der Waals surface area contributed by atoms with E-state index in [-0.39, 0.29) is 0 Å². The zero-order valence-corrected chi connectivity index (χ0v) is 12.5. The van der Waals surface area contributed by atoms with E-state index in [2.05, 4.69) is 16.4 Å². The van der Waals surface area contributed by atoms with Crippen molar-refractivity contribution < 1.29 is 0 Å². The number of aromatic nitrogens is 1. The Morgan fingerprint density at radius 2 is 2.28 bits per heavy atom. The van der Waals surface area contributed by atoms with E-state index in [1.165, 1.54) is 4.88 Å². The molecular formula is C13H15ClN2S2. The summed E-state index contributed by atoms with van der Waals surface area (Å²) in [4.78, 5) is 6.56. The maximum Gasteiger partial charge on any atom is 0.0794 e. The van der Waals surface area contributed by atoms with Gasteiger partial charge in [-0.05, 0) is 25.6 Å². The van der Waals surface area contributed by atoms with E-state index in [9.17, 15) is 0 Å². The van der Waals surface area contributed by atoms with Crippen LogP contribution in [-0.2, 0) is 6.42 Å². The Balaban J connectivity index is 1.89. The average molecular weight is 299 g/mol. The number of nitrogens with one attached hydrogen (secondary N) is 1. The molecule has 0 amide bonds. The third-order valence-electron chi connectivity index (χ3n) is 2.62. The molecule has 2 aromatic rings. The number of thioether (sulfide) groups is 1. The van der Waals surface area contributed by atoms with E-state index < -0.39 is 0 Å². The topological polar surface area (TPSA) is 24.9 Å². The number of hydrogen-bond donors (Lipinski definition) is 1. The number of rotatable bonds is 6. The van der Waals surface area contributed by atoms with Crippen LogP contribution in [0.3, 0.4) is 0 Å². The van der Waals surface area contributed by atoms with Crippen LogP contribution in [0.5, 0.6) is 0 Å². The van der Waals surface area contributed by atoms with E-state index in [1.54, 1.807) is 23.1 Å². The fourth-order valence-corrected chi connectivity index (χ4v) is 3.60. The quantitative estimate of drug-likeness (QED) is 0.823. The summed E-state index contributed by atoms with van der Waals surface area (Å²) >= 11 is 9.64. The number of halogens is 1. The largest absolute Gasteiger partial charge is 0.316 e. The first-order valence-corrected chi connectivity index (χ1v) is 7.96. The van der Waals surface area contributed by atoms with Crippen molar-refractivity contribution in [3.8, 4) is 0 Å². The Kier molecular flexibility index (Phi) is 5.50. The fourth-order valence-electron chi connectivity index (χ4n) is 1.58. The van der Waals surface area contributed by atoms with Crippen LogP contribution in [0, 0.1) is 0 Å². The first kappa shape index (κ1) is 13.9. The molecule has 1 aromatic heterocycles. The normalized spacial score (nSPS) is 12.6. The molecule has 1 unspecified atom stereocenters. The fraction of sp³-hybridized carbons (Fsp3) is 0.308. The van der Waals surface area contributed by atoms with Crippen LogP contribution in [0.4, 0.5) is 0 Å². The summed E-state index contributed by atoms with van der Waals surface area (Å²) in [5.74, 6) is 0.998. The summed E-state index contributed by atoms with van der Waals surface area (Å²) in [7, 11) is 2.00. The van der Waals surface area contributed by atoms with Gasteiger partial charge < -0.3 is 5.32 Å². The monoisotopic (exact) mass is 298 g/mol. The van der Waals surface area contributed by atoms with Crippen LogP contribution < -0.4 is 5.32 Å². The predicted octanol–water partition coefficient (Wildman–Crippen LogP) is 3.72. The summed E-state index contributed by atoms with van der Waals surface area (Å²) in [6, 6.07) is 8.41. The molecule has 96 valence electrons. The van der Waals surface area contributed by atoms with Gasteiger partial charge in [-0.15, -0.1) is 23.1 Å². The highest BCUT2D eigenvalue weighted by Crippen LogP contribution is 2.27. The first-order chi connectivity index (χ1) is 8.79. The highest BCUT2D eigenvalue weighted by Gasteiger charge is 2.10. The second-order valence-electron chi connectivity index (χ2n) is 3.90. The third kappa shape index (κ3) is 3.99. The zero-order chi connectivity index (χ0) is 12.8. The standard InChI is InChI=1S/C13H15ClN2S2/c1-15-10(6-11-7-16-9-18-11)8-17-13-5-3-2-4-12(13)14/h2-5,7,9-10,15H,6,8H2,1H3. The zero-order valence-electron chi connectivity index (χ0n) is 10.1. The van der Waals surface area contributed by atoms with Crippen molar-refractivity contribution in [3.63, 3.8) is 0 Å². The molecule has 0 aliphatic carbocycles. The molecule has 2 rings (SSSR count). The van der Waals surface area contributed by atoms with Crippen molar-refractivity contribution in [2.45, 2.75) is 17.4 Å². The van der Waals surface area contributed by atoms with E-state index >= 15 is 0 Å². The Labute approximate surface area is 121 Å². The number of benzene rings is 1. The Morgan fingerprint density at radius 1 is 1.44 bits per heavy atom. The summed E-state index contributed by atoms with van der Waals surface area (Å²) in [5, 5.41) is 4.17. The van der Waals surface area contributed by atoms with Crippen molar-refractivity contribution >= 4 is 34.7 Å². The summed E-state index contributed by atoms with van der Waals surface area (Å²) in [5.41, 5.74) is 1.88. The van der Waals surface area contributed by atoms with Crippen LogP contribution in [0.2, 0.25) is 5.02 Å². The molecular weight excluding hydrogens is 284 g/mol. The maximum absolute atomic E-state index is 6.14. The van der Waals surface area contributed by atoms with Gasteiger partial charge in [-0.1, -0.05) is 23.7 Å². The lowest BCUT2D eigenvalue weighted by atomic mass is 10.2. The molecule has 5 heteroatoms. The predicted molar refractivity (Wildman–Crippen MR) is 80.8 cm³/mol. The van der Waals surface area contributed by atoms with E-state index in [0.717, 1.165) is 22.1 Å². The average Bonchev–Trinajstić information content (AvgIpc) is 2.89. The van der Waals surface area contributed by atoms with Crippen molar-refractivity contribution in [2.75, 3.05) is 12.8 Å². The van der Waals surface area contributed by atoms with Crippen LogP contribution in [-0.4, -0.2) is 23.8 Å². The van der Waals surface area contributed by atoms with Gasteiger partial charge in [0.05, 0.1) is 10.5 Å². The molecule has 1 N–H and O–H groups in total. The van der Waals surface area contributed by atoms with Gasteiger partial charge in [0.2, 0.25) is 0 Å². The van der Waals surface area contributed by atoms with Crippen molar-refractivity contribution in [1.82, 2.24) is 10.3 Å². The molecule has 0 aliphatic heterocycles. The number of hydrogen-bond acceptors (Lipinski definition) is 4. The minimum absolute atomic E-state index is 0.437. The van der Waals surface area contributed by atoms with Crippen molar-refractivity contribution in [2.24, 2.45) is 0 Å². The van der Waals surface area contributed by atoms with Crippen molar-refractivity contribution in [1.29, 1.82) is 0 Å². The first-order valence-electron chi connectivity index (χ1n) is 5.71. The van der Waals surface area contributed by atoms with Gasteiger partial charge in [0, 0.05) is 27.8 Å². The van der Waals surface area contributed by atoms with Gasteiger partial charge in [-0.3, -0.25) is 4.98 Å². The molecule has 18 heavy (non-hydrogen) atoms. The minimum Gasteiger partial charge on any atom is -0.316 e. The highest BCUT2D eigenvalue weighted by molar-refractivity contribution is 7.99. The molecule has 0 fully saturated rings. The van der Waals surface area contributed by atoms with Crippen molar-refractivity contribution in [3.05, 3.63) is 45.9 Å². The van der Waals surface area contributed by atoms with Gasteiger partial charge in [0.1, 0.15) is 0 Å². The van der Waals surface area contributed by atoms with Crippen LogP contribution in [0.25, 0.3) is 0 Å². The molecule has 1 atom stereocenters. The molecule has 0 saturated heterocycles. The number of nitrogens with zero attached hydrogens (tertiary/aromatic N) is 1. The summed E-state index contributed by atoms with van der Waals surface area (Å²) < 4.78 is 0. The highest BCUT2D eigenvalue weighted by atomic mass is 35.5. The van der Waals surface area contributed by atoms with E-state index in [1.807, 2.05) is 37.0 Å². The van der Waals surface area contributed by atoms with Gasteiger partial charge >= 0.3 is 0 Å². The second kappa shape index (κ2) is 7.14. The molecule has 1 aromatic carbocycles. The number of likely N-dealkylation sites (N-methyl/N-ethyl adjacent to an activating group) is 1. The van der Waals surface area contributed by atoms with Gasteiger partial charge in [0.15, 0.2) is 0 Å². The lowest BCUT2D eigenvalue weighted by Crippen LogP contribution is -2.29. The lowest BCUT2D eigenvalue weighted by Gasteiger charge is -2.15. The minimum atomic E-state index is 0.437. The molecule has 0 aliphatic rings. The van der Waals surface area contributed by atoms with Crippen LogP contribution in [0.1, 0.15) is 4.88 Å². The lowest BCUT2D eigenvalue weighted by molar-refractivity contribution is 0.621. The second-order valence-corrected chi connectivity index (χ2v) is 6.34. The third-order valence-corrected chi connectivity index (χ3v) is 5.10. The van der Waals surface area contributed by atoms with Gasteiger partial charge in [-0.2, -0.15) is 0 Å². The summed E-state index contributed by atoms with van der Waals surface area (Å²) in [6.07, 6.45) is 2.95. The van der Waals surface area contributed by atoms with Gasteiger partial charge in [-0.25, -0.2) is 0 Å². The maximum atomic E-state index is 6.14. The molecule has 0 saturated carbocycles. The molecule has 0 spiro atoms. The smallest absolute Gasteiger partial charge is 0.0794 e. The SMILES string of the molecule is CNC(CSc1ccccc1Cl)Cc1cncs1. The van der Waals surface area contributed by atoms with Gasteiger partial charge in [0.25, 0.3) is 0 Å². The Bertz CT molecular complexity index is 474. The number of thiazole rings is 1. The Morgan fingerprint density at radius 3 is 2.94 bits per heavy atom. The van der Waals surface area contributed by atoms with E-state index in [4.69, 9.17) is 11.6 Å². The molecule has 2 nitrogen and oxygen atoms in total. The van der Waals surface area contributed by atoms with E-state index in [0.29, 0.717) is 6.04 Å². The van der Waals surface area contributed by atoms with Crippen LogP contribution >= 0.6 is 34.7 Å². The molecule has 0 radical (unpaired) electrons. The molecule has 0 bridgehead atoms. The summed E-state index contributed by atoms with van der Waals surface area (Å²) in [6.45, 7) is 0. The molecule has 1 heterocycles. The Hall–Kier alpha value is -0.550.